The van der Waals surface area contributed by atoms with Gasteiger partial charge in [-0.1, -0.05) is 23.8 Å². The van der Waals surface area contributed by atoms with Crippen LogP contribution in [-0.2, 0) is 6.42 Å². The van der Waals surface area contributed by atoms with Gasteiger partial charge in [-0.05, 0) is 31.4 Å². The zero-order valence-electron chi connectivity index (χ0n) is 8.33. The van der Waals surface area contributed by atoms with Gasteiger partial charge >= 0.3 is 0 Å². The average Bonchev–Trinajstić information content (AvgIpc) is 2.17. The molecule has 2 heteroatoms. The minimum Gasteiger partial charge on any atom is -0.508 e. The van der Waals surface area contributed by atoms with Gasteiger partial charge in [-0.2, -0.15) is 0 Å². The highest BCUT2D eigenvalue weighted by Crippen LogP contribution is 2.30. The Bertz CT molecular complexity index is 380. The van der Waals surface area contributed by atoms with Crippen molar-refractivity contribution in [1.29, 1.82) is 0 Å². The standard InChI is InChI=1S/C12H15NO/c1-8(13)9-5-6-11-10(7-9)3-2-4-12(11)14/h2-4,7-8,14H,5-6,13H2,1H3. The van der Waals surface area contributed by atoms with Gasteiger partial charge in [0.2, 0.25) is 0 Å². The molecule has 1 aliphatic carbocycles. The third-order valence-electron chi connectivity index (χ3n) is 2.78. The van der Waals surface area contributed by atoms with Crippen molar-refractivity contribution in [2.45, 2.75) is 25.8 Å². The summed E-state index contributed by atoms with van der Waals surface area (Å²) in [6.45, 7) is 2.00. The third kappa shape index (κ3) is 1.53. The Morgan fingerprint density at radius 1 is 1.36 bits per heavy atom. The van der Waals surface area contributed by atoms with Crippen LogP contribution in [0.4, 0.5) is 0 Å². The number of hydrogen-bond donors (Lipinski definition) is 2. The molecule has 0 aliphatic heterocycles. The lowest BCUT2D eigenvalue weighted by Crippen LogP contribution is -2.20. The molecule has 0 fully saturated rings. The van der Waals surface area contributed by atoms with Gasteiger partial charge in [-0.15, -0.1) is 0 Å². The van der Waals surface area contributed by atoms with Crippen molar-refractivity contribution in [1.82, 2.24) is 0 Å². The molecule has 0 saturated carbocycles. The van der Waals surface area contributed by atoms with E-state index in [1.807, 2.05) is 19.1 Å². The lowest BCUT2D eigenvalue weighted by molar-refractivity contribution is 0.467. The van der Waals surface area contributed by atoms with E-state index in [1.54, 1.807) is 6.07 Å². The van der Waals surface area contributed by atoms with Crippen LogP contribution in [-0.4, -0.2) is 11.1 Å². The fraction of sp³-hybridized carbons (Fsp3) is 0.333. The molecule has 0 saturated heterocycles. The highest BCUT2D eigenvalue weighted by atomic mass is 16.3. The molecule has 0 radical (unpaired) electrons. The number of nitrogens with two attached hydrogens (primary N) is 1. The summed E-state index contributed by atoms with van der Waals surface area (Å²) in [6.07, 6.45) is 3.96. The van der Waals surface area contributed by atoms with Gasteiger partial charge in [0.05, 0.1) is 0 Å². The van der Waals surface area contributed by atoms with Crippen LogP contribution in [0, 0.1) is 0 Å². The van der Waals surface area contributed by atoms with E-state index in [-0.39, 0.29) is 6.04 Å². The zero-order chi connectivity index (χ0) is 10.1. The minimum absolute atomic E-state index is 0.116. The van der Waals surface area contributed by atoms with Crippen LogP contribution in [0.25, 0.3) is 6.08 Å². The molecule has 1 unspecified atom stereocenters. The average molecular weight is 189 g/mol. The minimum atomic E-state index is 0.116. The second kappa shape index (κ2) is 3.46. The summed E-state index contributed by atoms with van der Waals surface area (Å²) >= 11 is 0. The number of hydrogen-bond acceptors (Lipinski definition) is 2. The second-order valence-electron chi connectivity index (χ2n) is 3.85. The summed E-state index contributed by atoms with van der Waals surface area (Å²) in [5, 5.41) is 9.62. The highest BCUT2D eigenvalue weighted by molar-refractivity contribution is 5.63. The summed E-state index contributed by atoms with van der Waals surface area (Å²) in [5.41, 5.74) is 9.27. The molecule has 0 aromatic heterocycles. The van der Waals surface area contributed by atoms with E-state index in [4.69, 9.17) is 5.73 Å². The normalized spacial score (nSPS) is 17.1. The van der Waals surface area contributed by atoms with Crippen LogP contribution < -0.4 is 5.73 Å². The molecule has 1 aliphatic rings. The summed E-state index contributed by atoms with van der Waals surface area (Å²) in [7, 11) is 0. The molecule has 74 valence electrons. The van der Waals surface area contributed by atoms with Crippen LogP contribution >= 0.6 is 0 Å². The monoisotopic (exact) mass is 189 g/mol. The molecule has 0 spiro atoms. The molecule has 0 amide bonds. The number of phenols is 1. The molecule has 14 heavy (non-hydrogen) atoms. The predicted molar refractivity (Wildman–Crippen MR) is 58.1 cm³/mol. The zero-order valence-corrected chi connectivity index (χ0v) is 8.33. The second-order valence-corrected chi connectivity index (χ2v) is 3.85. The van der Waals surface area contributed by atoms with Crippen molar-refractivity contribution in [3.8, 4) is 5.75 Å². The van der Waals surface area contributed by atoms with Gasteiger partial charge in [0.15, 0.2) is 0 Å². The number of phenolic OH excluding ortho intramolecular Hbond substituents is 1. The Labute approximate surface area is 84.1 Å². The first kappa shape index (κ1) is 9.28. The lowest BCUT2D eigenvalue weighted by Gasteiger charge is -2.19. The van der Waals surface area contributed by atoms with Gasteiger partial charge in [0.25, 0.3) is 0 Å². The Morgan fingerprint density at radius 3 is 2.86 bits per heavy atom. The first-order chi connectivity index (χ1) is 6.68. The van der Waals surface area contributed by atoms with Crippen molar-refractivity contribution < 1.29 is 5.11 Å². The maximum Gasteiger partial charge on any atom is 0.119 e. The molecular weight excluding hydrogens is 174 g/mol. The lowest BCUT2D eigenvalue weighted by atomic mass is 9.89. The number of benzene rings is 1. The summed E-state index contributed by atoms with van der Waals surface area (Å²) in [5.74, 6) is 0.405. The van der Waals surface area contributed by atoms with Crippen molar-refractivity contribution in [2.75, 3.05) is 0 Å². The van der Waals surface area contributed by atoms with E-state index in [0.29, 0.717) is 5.75 Å². The molecule has 0 heterocycles. The molecule has 1 atom stereocenters. The molecular formula is C12H15NO. The van der Waals surface area contributed by atoms with Crippen LogP contribution in [0.5, 0.6) is 5.75 Å². The summed E-state index contributed by atoms with van der Waals surface area (Å²) in [4.78, 5) is 0. The Hall–Kier alpha value is -1.28. The molecule has 3 N–H and O–H groups in total. The maximum atomic E-state index is 9.62. The van der Waals surface area contributed by atoms with Crippen LogP contribution in [0.1, 0.15) is 24.5 Å². The number of rotatable bonds is 1. The molecule has 2 nitrogen and oxygen atoms in total. The quantitative estimate of drug-likeness (QED) is 0.710. The first-order valence-corrected chi connectivity index (χ1v) is 4.95. The van der Waals surface area contributed by atoms with E-state index in [9.17, 15) is 5.11 Å². The smallest absolute Gasteiger partial charge is 0.119 e. The van der Waals surface area contributed by atoms with Crippen LogP contribution in [0.3, 0.4) is 0 Å². The molecule has 2 rings (SSSR count). The topological polar surface area (TPSA) is 46.2 Å². The summed E-state index contributed by atoms with van der Waals surface area (Å²) in [6, 6.07) is 5.75. The van der Waals surface area contributed by atoms with E-state index < -0.39 is 0 Å². The van der Waals surface area contributed by atoms with Crippen LogP contribution in [0.2, 0.25) is 0 Å². The first-order valence-electron chi connectivity index (χ1n) is 4.95. The fourth-order valence-electron chi connectivity index (χ4n) is 1.90. The van der Waals surface area contributed by atoms with Crippen molar-refractivity contribution in [3.05, 3.63) is 34.9 Å². The Morgan fingerprint density at radius 2 is 2.14 bits per heavy atom. The predicted octanol–water partition coefficient (Wildman–Crippen LogP) is 2.07. The SMILES string of the molecule is CC(N)C1=Cc2cccc(O)c2CC1. The summed E-state index contributed by atoms with van der Waals surface area (Å²) < 4.78 is 0. The third-order valence-corrected chi connectivity index (χ3v) is 2.78. The van der Waals surface area contributed by atoms with Gasteiger partial charge in [-0.25, -0.2) is 0 Å². The largest absolute Gasteiger partial charge is 0.508 e. The molecule has 1 aromatic carbocycles. The molecule has 0 bridgehead atoms. The van der Waals surface area contributed by atoms with Gasteiger partial charge in [-0.3, -0.25) is 0 Å². The van der Waals surface area contributed by atoms with E-state index in [1.165, 1.54) is 5.57 Å². The van der Waals surface area contributed by atoms with Crippen molar-refractivity contribution in [3.63, 3.8) is 0 Å². The van der Waals surface area contributed by atoms with E-state index in [2.05, 4.69) is 6.08 Å². The maximum absolute atomic E-state index is 9.62. The van der Waals surface area contributed by atoms with Crippen molar-refractivity contribution in [2.24, 2.45) is 5.73 Å². The highest BCUT2D eigenvalue weighted by Gasteiger charge is 2.14. The molecule has 1 aromatic rings. The number of aromatic hydroxyl groups is 1. The Balaban J connectivity index is 2.45. The number of fused-ring (bicyclic) bond motifs is 1. The van der Waals surface area contributed by atoms with Crippen LogP contribution in [0.15, 0.2) is 23.8 Å². The Kier molecular flexibility index (Phi) is 2.30. The van der Waals surface area contributed by atoms with Crippen molar-refractivity contribution >= 4 is 6.08 Å². The van der Waals surface area contributed by atoms with E-state index >= 15 is 0 Å². The van der Waals surface area contributed by atoms with Gasteiger partial charge < -0.3 is 10.8 Å². The van der Waals surface area contributed by atoms with E-state index in [0.717, 1.165) is 24.0 Å². The van der Waals surface area contributed by atoms with Gasteiger partial charge in [0, 0.05) is 11.6 Å². The van der Waals surface area contributed by atoms with Gasteiger partial charge in [0.1, 0.15) is 5.75 Å². The fourth-order valence-corrected chi connectivity index (χ4v) is 1.90.